The van der Waals surface area contributed by atoms with Crippen molar-refractivity contribution in [3.63, 3.8) is 0 Å². The highest BCUT2D eigenvalue weighted by Crippen LogP contribution is 2.25. The largest absolute Gasteiger partial charge is 0.450 e. The second kappa shape index (κ2) is 7.87. The molecule has 5 nitrogen and oxygen atoms in total. The molecule has 0 aliphatic rings. The predicted molar refractivity (Wildman–Crippen MR) is 99.1 cm³/mol. The van der Waals surface area contributed by atoms with Crippen LogP contribution < -0.4 is 5.32 Å². The fraction of sp³-hybridized carbons (Fsp3) is 0.238. The quantitative estimate of drug-likeness (QED) is 0.686. The van der Waals surface area contributed by atoms with Crippen LogP contribution in [-0.4, -0.2) is 25.0 Å². The van der Waals surface area contributed by atoms with Crippen molar-refractivity contribution in [2.24, 2.45) is 0 Å². The molecule has 26 heavy (non-hydrogen) atoms. The molecule has 5 heteroatoms. The van der Waals surface area contributed by atoms with E-state index in [-0.39, 0.29) is 24.2 Å². The Bertz CT molecular complexity index is 914. The van der Waals surface area contributed by atoms with E-state index in [2.05, 4.69) is 5.32 Å². The van der Waals surface area contributed by atoms with E-state index in [1.54, 1.807) is 13.0 Å². The van der Waals surface area contributed by atoms with Gasteiger partial charge >= 0.3 is 5.97 Å². The van der Waals surface area contributed by atoms with Crippen molar-refractivity contribution < 1.29 is 18.7 Å². The summed E-state index contributed by atoms with van der Waals surface area (Å²) in [6, 6.07) is 17.3. The van der Waals surface area contributed by atoms with Crippen LogP contribution in [0.3, 0.4) is 0 Å². The topological polar surface area (TPSA) is 68.5 Å². The van der Waals surface area contributed by atoms with Crippen LogP contribution in [0.2, 0.25) is 0 Å². The van der Waals surface area contributed by atoms with Gasteiger partial charge in [-0.25, -0.2) is 4.79 Å². The molecule has 1 amide bonds. The van der Waals surface area contributed by atoms with Gasteiger partial charge < -0.3 is 14.5 Å². The van der Waals surface area contributed by atoms with Crippen molar-refractivity contribution >= 4 is 22.8 Å². The maximum absolute atomic E-state index is 12.2. The van der Waals surface area contributed by atoms with Crippen LogP contribution >= 0.6 is 0 Å². The zero-order chi connectivity index (χ0) is 18.5. The average Bonchev–Trinajstić information content (AvgIpc) is 3.02. The van der Waals surface area contributed by atoms with Crippen LogP contribution in [0.1, 0.15) is 34.5 Å². The molecule has 0 aliphatic carbocycles. The number of ether oxygens (including phenoxy) is 1. The third kappa shape index (κ3) is 3.94. The molecule has 3 aromatic rings. The lowest BCUT2D eigenvalue weighted by atomic mass is 10.0. The summed E-state index contributed by atoms with van der Waals surface area (Å²) < 4.78 is 10.6. The van der Waals surface area contributed by atoms with E-state index in [4.69, 9.17) is 9.15 Å². The van der Waals surface area contributed by atoms with Gasteiger partial charge in [-0.15, -0.1) is 0 Å². The van der Waals surface area contributed by atoms with Gasteiger partial charge in [-0.3, -0.25) is 4.79 Å². The number of benzene rings is 2. The normalized spacial score (nSPS) is 11.9. The summed E-state index contributed by atoms with van der Waals surface area (Å²) in [7, 11) is 0. The first kappa shape index (κ1) is 17.7. The first-order valence-corrected chi connectivity index (χ1v) is 8.53. The molecule has 2 aromatic carbocycles. The minimum Gasteiger partial charge on any atom is -0.450 e. The van der Waals surface area contributed by atoms with E-state index in [1.165, 1.54) is 0 Å². The third-order valence-electron chi connectivity index (χ3n) is 4.34. The first-order valence-electron chi connectivity index (χ1n) is 8.53. The Hall–Kier alpha value is -3.08. The lowest BCUT2D eigenvalue weighted by Crippen LogP contribution is -2.31. The molecule has 1 unspecified atom stereocenters. The molecule has 3 rings (SSSR count). The van der Waals surface area contributed by atoms with Gasteiger partial charge in [-0.05, 0) is 24.5 Å². The number of nitrogens with one attached hydrogen (secondary N) is 1. The highest BCUT2D eigenvalue weighted by Gasteiger charge is 2.19. The molecular formula is C21H21NO4. The highest BCUT2D eigenvalue weighted by molar-refractivity contribution is 5.96. The number of hydrogen-bond donors (Lipinski definition) is 1. The van der Waals surface area contributed by atoms with Crippen LogP contribution in [0, 0.1) is 6.92 Å². The number of para-hydroxylation sites is 1. The molecular weight excluding hydrogens is 330 g/mol. The van der Waals surface area contributed by atoms with E-state index in [0.29, 0.717) is 17.7 Å². The second-order valence-corrected chi connectivity index (χ2v) is 6.24. The summed E-state index contributed by atoms with van der Waals surface area (Å²) in [6.07, 6.45) is 0. The number of carbonyl (C=O) groups is 2. The number of carbonyl (C=O) groups excluding carboxylic acids is 2. The van der Waals surface area contributed by atoms with Gasteiger partial charge in [-0.1, -0.05) is 55.5 Å². The predicted octanol–water partition coefficient (Wildman–Crippen LogP) is 3.82. The second-order valence-electron chi connectivity index (χ2n) is 6.24. The molecule has 0 bridgehead atoms. The molecule has 0 aliphatic heterocycles. The summed E-state index contributed by atoms with van der Waals surface area (Å²) in [5, 5.41) is 3.64. The van der Waals surface area contributed by atoms with Crippen LogP contribution in [-0.2, 0) is 9.53 Å². The SMILES string of the molecule is Cc1c(C(=O)OCC(=O)NCC(C)c2ccccc2)oc2ccccc12. The standard InChI is InChI=1S/C21H21NO4/c1-14(16-8-4-3-5-9-16)12-22-19(23)13-25-21(24)20-15(2)17-10-6-7-11-18(17)26-20/h3-11,14H,12-13H2,1-2H3,(H,22,23). The van der Waals surface area contributed by atoms with E-state index in [9.17, 15) is 9.59 Å². The average molecular weight is 351 g/mol. The van der Waals surface area contributed by atoms with Crippen LogP contribution in [0.4, 0.5) is 0 Å². The summed E-state index contributed by atoms with van der Waals surface area (Å²) in [6.45, 7) is 3.96. The lowest BCUT2D eigenvalue weighted by molar-refractivity contribution is -0.124. The summed E-state index contributed by atoms with van der Waals surface area (Å²) >= 11 is 0. The Morgan fingerprint density at radius 2 is 1.77 bits per heavy atom. The van der Waals surface area contributed by atoms with Crippen molar-refractivity contribution in [3.05, 3.63) is 71.5 Å². The smallest absolute Gasteiger partial charge is 0.375 e. The van der Waals surface area contributed by atoms with Gasteiger partial charge in [0.2, 0.25) is 5.76 Å². The maximum Gasteiger partial charge on any atom is 0.375 e. The number of amides is 1. The Morgan fingerprint density at radius 1 is 1.08 bits per heavy atom. The van der Waals surface area contributed by atoms with E-state index < -0.39 is 5.97 Å². The van der Waals surface area contributed by atoms with E-state index >= 15 is 0 Å². The molecule has 1 N–H and O–H groups in total. The number of fused-ring (bicyclic) bond motifs is 1. The molecule has 0 spiro atoms. The Kier molecular flexibility index (Phi) is 5.37. The number of aryl methyl sites for hydroxylation is 1. The Balaban J connectivity index is 1.52. The Labute approximate surface area is 152 Å². The number of rotatable bonds is 6. The zero-order valence-electron chi connectivity index (χ0n) is 14.8. The van der Waals surface area contributed by atoms with Crippen LogP contribution in [0.25, 0.3) is 11.0 Å². The molecule has 0 fully saturated rings. The fourth-order valence-corrected chi connectivity index (χ4v) is 2.78. The minimum atomic E-state index is -0.634. The molecule has 0 saturated carbocycles. The van der Waals surface area contributed by atoms with Gasteiger partial charge in [0.1, 0.15) is 5.58 Å². The first-order chi connectivity index (χ1) is 12.6. The number of furan rings is 1. The number of hydrogen-bond acceptors (Lipinski definition) is 4. The molecule has 134 valence electrons. The van der Waals surface area contributed by atoms with Gasteiger partial charge in [0, 0.05) is 17.5 Å². The van der Waals surface area contributed by atoms with Crippen molar-refractivity contribution in [1.29, 1.82) is 0 Å². The minimum absolute atomic E-state index is 0.136. The maximum atomic E-state index is 12.2. The van der Waals surface area contributed by atoms with Gasteiger partial charge in [0.05, 0.1) is 0 Å². The van der Waals surface area contributed by atoms with Crippen LogP contribution in [0.15, 0.2) is 59.0 Å². The monoisotopic (exact) mass is 351 g/mol. The van der Waals surface area contributed by atoms with E-state index in [1.807, 2.05) is 55.5 Å². The molecule has 1 heterocycles. The number of esters is 1. The van der Waals surface area contributed by atoms with Crippen LogP contribution in [0.5, 0.6) is 0 Å². The molecule has 1 atom stereocenters. The Morgan fingerprint density at radius 3 is 2.50 bits per heavy atom. The molecule has 1 aromatic heterocycles. The van der Waals surface area contributed by atoms with Gasteiger partial charge in [0.15, 0.2) is 6.61 Å². The fourth-order valence-electron chi connectivity index (χ4n) is 2.78. The highest BCUT2D eigenvalue weighted by atomic mass is 16.5. The van der Waals surface area contributed by atoms with Crippen molar-refractivity contribution in [2.45, 2.75) is 19.8 Å². The van der Waals surface area contributed by atoms with Gasteiger partial charge in [-0.2, -0.15) is 0 Å². The lowest BCUT2D eigenvalue weighted by Gasteiger charge is -2.13. The zero-order valence-corrected chi connectivity index (χ0v) is 14.8. The molecule has 0 saturated heterocycles. The summed E-state index contributed by atoms with van der Waals surface area (Å²) in [5.74, 6) is -0.662. The van der Waals surface area contributed by atoms with Gasteiger partial charge in [0.25, 0.3) is 5.91 Å². The van der Waals surface area contributed by atoms with Crippen molar-refractivity contribution in [1.82, 2.24) is 5.32 Å². The molecule has 0 radical (unpaired) electrons. The van der Waals surface area contributed by atoms with E-state index in [0.717, 1.165) is 10.9 Å². The summed E-state index contributed by atoms with van der Waals surface area (Å²) in [5.41, 5.74) is 2.48. The third-order valence-corrected chi connectivity index (χ3v) is 4.34. The van der Waals surface area contributed by atoms with Crippen molar-refractivity contribution in [3.8, 4) is 0 Å². The summed E-state index contributed by atoms with van der Waals surface area (Å²) in [4.78, 5) is 24.2. The van der Waals surface area contributed by atoms with Crippen molar-refractivity contribution in [2.75, 3.05) is 13.2 Å².